The number of benzene rings is 1. The van der Waals surface area contributed by atoms with Crippen LogP contribution in [-0.4, -0.2) is 11.9 Å². The van der Waals surface area contributed by atoms with Gasteiger partial charge in [0.05, 0.1) is 11.7 Å². The van der Waals surface area contributed by atoms with Gasteiger partial charge in [-0.2, -0.15) is 0 Å². The highest BCUT2D eigenvalue weighted by molar-refractivity contribution is 5.94. The molecule has 0 aliphatic heterocycles. The number of nitrogens with one attached hydrogen (secondary N) is 1. The molecule has 1 rings (SSSR count). The summed E-state index contributed by atoms with van der Waals surface area (Å²) in [5, 5.41) is 2.28. The number of carbonyl (C=O) groups excluding carboxylic acids is 1. The first-order valence-corrected chi connectivity index (χ1v) is 4.56. The molecule has 0 bridgehead atoms. The lowest BCUT2D eigenvalue weighted by Gasteiger charge is -2.10. The summed E-state index contributed by atoms with van der Waals surface area (Å²) in [5.41, 5.74) is 5.37. The summed E-state index contributed by atoms with van der Waals surface area (Å²) in [7, 11) is 0. The van der Waals surface area contributed by atoms with Crippen molar-refractivity contribution >= 4 is 11.6 Å². The average molecular weight is 214 g/mol. The van der Waals surface area contributed by atoms with Crippen molar-refractivity contribution in [2.45, 2.75) is 19.4 Å². The number of nitrogens with two attached hydrogens (primary N) is 1. The second-order valence-corrected chi connectivity index (χ2v) is 3.13. The van der Waals surface area contributed by atoms with E-state index < -0.39 is 23.6 Å². The van der Waals surface area contributed by atoms with E-state index in [0.29, 0.717) is 12.5 Å². The van der Waals surface area contributed by atoms with Crippen molar-refractivity contribution in [1.82, 2.24) is 0 Å². The fourth-order valence-corrected chi connectivity index (χ4v) is 1.00. The molecule has 3 N–H and O–H groups in total. The van der Waals surface area contributed by atoms with Crippen LogP contribution in [-0.2, 0) is 4.79 Å². The minimum atomic E-state index is -0.813. The molecule has 15 heavy (non-hydrogen) atoms. The maximum absolute atomic E-state index is 13.1. The van der Waals surface area contributed by atoms with Crippen molar-refractivity contribution in [3.63, 3.8) is 0 Å². The van der Waals surface area contributed by atoms with Gasteiger partial charge >= 0.3 is 0 Å². The van der Waals surface area contributed by atoms with Crippen LogP contribution in [0.2, 0.25) is 0 Å². The lowest BCUT2D eigenvalue weighted by Crippen LogP contribution is -2.35. The number of rotatable bonds is 3. The molecule has 1 aromatic carbocycles. The zero-order chi connectivity index (χ0) is 11.4. The van der Waals surface area contributed by atoms with E-state index in [1.807, 2.05) is 0 Å². The van der Waals surface area contributed by atoms with E-state index in [9.17, 15) is 13.6 Å². The normalized spacial score (nSPS) is 12.3. The van der Waals surface area contributed by atoms with Crippen molar-refractivity contribution in [3.05, 3.63) is 29.8 Å². The summed E-state index contributed by atoms with van der Waals surface area (Å²) in [6, 6.07) is 2.24. The predicted octanol–water partition coefficient (Wildman–Crippen LogP) is 1.64. The van der Waals surface area contributed by atoms with Crippen molar-refractivity contribution < 1.29 is 13.6 Å². The lowest BCUT2D eigenvalue weighted by molar-refractivity contribution is -0.117. The quantitative estimate of drug-likeness (QED) is 0.803. The number of amides is 1. The molecular formula is C10H12F2N2O. The standard InChI is InChI=1S/C10H12F2N2O/c1-2-8(13)10(15)14-9-4-3-6(11)5-7(9)12/h3-5,8H,2,13H2,1H3,(H,14,15)/t8-/m1/s1. The first-order valence-electron chi connectivity index (χ1n) is 4.56. The Kier molecular flexibility index (Phi) is 3.74. The first-order chi connectivity index (χ1) is 7.04. The van der Waals surface area contributed by atoms with E-state index in [-0.39, 0.29) is 5.69 Å². The van der Waals surface area contributed by atoms with Gasteiger partial charge in [-0.3, -0.25) is 4.79 Å². The van der Waals surface area contributed by atoms with Crippen LogP contribution in [0.5, 0.6) is 0 Å². The first kappa shape index (κ1) is 11.6. The van der Waals surface area contributed by atoms with Gasteiger partial charge in [-0.15, -0.1) is 0 Å². The molecule has 0 saturated carbocycles. The Morgan fingerprint density at radius 2 is 2.20 bits per heavy atom. The van der Waals surface area contributed by atoms with Gasteiger partial charge in [0.2, 0.25) is 5.91 Å². The Labute approximate surface area is 86.3 Å². The number of carbonyl (C=O) groups is 1. The van der Waals surface area contributed by atoms with Crippen LogP contribution in [0.4, 0.5) is 14.5 Å². The van der Waals surface area contributed by atoms with Crippen LogP contribution in [0.1, 0.15) is 13.3 Å². The van der Waals surface area contributed by atoms with Gasteiger partial charge < -0.3 is 11.1 Å². The average Bonchev–Trinajstić information content (AvgIpc) is 2.20. The highest BCUT2D eigenvalue weighted by atomic mass is 19.1. The molecule has 0 fully saturated rings. The zero-order valence-electron chi connectivity index (χ0n) is 8.26. The topological polar surface area (TPSA) is 55.1 Å². The molecule has 1 aromatic rings. The molecule has 1 atom stereocenters. The van der Waals surface area contributed by atoms with E-state index in [1.165, 1.54) is 0 Å². The van der Waals surface area contributed by atoms with Crippen molar-refractivity contribution in [3.8, 4) is 0 Å². The second kappa shape index (κ2) is 4.84. The number of halogens is 2. The van der Waals surface area contributed by atoms with Gasteiger partial charge in [0.15, 0.2) is 0 Å². The van der Waals surface area contributed by atoms with Crippen LogP contribution in [0.3, 0.4) is 0 Å². The van der Waals surface area contributed by atoms with E-state index in [4.69, 9.17) is 5.73 Å². The second-order valence-electron chi connectivity index (χ2n) is 3.13. The predicted molar refractivity (Wildman–Crippen MR) is 53.3 cm³/mol. The minimum Gasteiger partial charge on any atom is -0.322 e. The molecular weight excluding hydrogens is 202 g/mol. The third-order valence-corrected chi connectivity index (χ3v) is 1.97. The molecule has 0 radical (unpaired) electrons. The Balaban J connectivity index is 2.77. The Morgan fingerprint density at radius 1 is 1.53 bits per heavy atom. The number of hydrogen-bond donors (Lipinski definition) is 2. The molecule has 0 aliphatic rings. The van der Waals surface area contributed by atoms with Gasteiger partial charge in [-0.25, -0.2) is 8.78 Å². The SMILES string of the molecule is CC[C@@H](N)C(=O)Nc1ccc(F)cc1F. The van der Waals surface area contributed by atoms with Gasteiger partial charge in [0.1, 0.15) is 11.6 Å². The summed E-state index contributed by atoms with van der Waals surface area (Å²) in [6.45, 7) is 1.74. The third kappa shape index (κ3) is 2.99. The molecule has 5 heteroatoms. The molecule has 3 nitrogen and oxygen atoms in total. The molecule has 1 amide bonds. The maximum atomic E-state index is 13.1. The van der Waals surface area contributed by atoms with Gasteiger partial charge in [-0.05, 0) is 18.6 Å². The summed E-state index contributed by atoms with van der Waals surface area (Å²) >= 11 is 0. The molecule has 82 valence electrons. The van der Waals surface area contributed by atoms with E-state index in [1.54, 1.807) is 6.92 Å². The van der Waals surface area contributed by atoms with Crippen LogP contribution in [0.25, 0.3) is 0 Å². The van der Waals surface area contributed by atoms with Crippen molar-refractivity contribution in [2.75, 3.05) is 5.32 Å². The van der Waals surface area contributed by atoms with Crippen LogP contribution < -0.4 is 11.1 Å². The van der Waals surface area contributed by atoms with Crippen LogP contribution in [0, 0.1) is 11.6 Å². The summed E-state index contributed by atoms with van der Waals surface area (Å²) in [4.78, 5) is 11.3. The van der Waals surface area contributed by atoms with Gasteiger partial charge in [0, 0.05) is 6.07 Å². The lowest BCUT2D eigenvalue weighted by atomic mass is 10.2. The molecule has 0 unspecified atom stereocenters. The van der Waals surface area contributed by atoms with Crippen LogP contribution >= 0.6 is 0 Å². The van der Waals surface area contributed by atoms with E-state index in [0.717, 1.165) is 12.1 Å². The minimum absolute atomic E-state index is 0.0645. The van der Waals surface area contributed by atoms with Gasteiger partial charge in [-0.1, -0.05) is 6.92 Å². The molecule has 0 aromatic heterocycles. The molecule has 0 spiro atoms. The van der Waals surface area contributed by atoms with Crippen LogP contribution in [0.15, 0.2) is 18.2 Å². The zero-order valence-corrected chi connectivity index (χ0v) is 8.26. The van der Waals surface area contributed by atoms with E-state index in [2.05, 4.69) is 5.32 Å². The Morgan fingerprint density at radius 3 is 2.73 bits per heavy atom. The maximum Gasteiger partial charge on any atom is 0.241 e. The summed E-state index contributed by atoms with van der Waals surface area (Å²) in [5.74, 6) is -1.99. The van der Waals surface area contributed by atoms with Crippen molar-refractivity contribution in [2.24, 2.45) is 5.73 Å². The van der Waals surface area contributed by atoms with Gasteiger partial charge in [0.25, 0.3) is 0 Å². The number of hydrogen-bond acceptors (Lipinski definition) is 2. The largest absolute Gasteiger partial charge is 0.322 e. The summed E-state index contributed by atoms with van der Waals surface area (Å²) < 4.78 is 25.6. The highest BCUT2D eigenvalue weighted by Gasteiger charge is 2.13. The molecule has 0 heterocycles. The number of anilines is 1. The smallest absolute Gasteiger partial charge is 0.241 e. The fraction of sp³-hybridized carbons (Fsp3) is 0.300. The Hall–Kier alpha value is -1.49. The molecule has 0 saturated heterocycles. The monoisotopic (exact) mass is 214 g/mol. The Bertz CT molecular complexity index is 368. The summed E-state index contributed by atoms with van der Waals surface area (Å²) in [6.07, 6.45) is 0.453. The van der Waals surface area contributed by atoms with E-state index >= 15 is 0 Å². The molecule has 0 aliphatic carbocycles. The van der Waals surface area contributed by atoms with Crippen molar-refractivity contribution in [1.29, 1.82) is 0 Å². The fourth-order valence-electron chi connectivity index (χ4n) is 1.00. The third-order valence-electron chi connectivity index (χ3n) is 1.97. The highest BCUT2D eigenvalue weighted by Crippen LogP contribution is 2.15.